The zero-order valence-electron chi connectivity index (χ0n) is 22.4. The van der Waals surface area contributed by atoms with Gasteiger partial charge in [-0.05, 0) is 61.0 Å². The molecule has 0 aliphatic heterocycles. The Bertz CT molecular complexity index is 1600. The number of ether oxygens (including phenoxy) is 3. The Kier molecular flexibility index (Phi) is 9.15. The van der Waals surface area contributed by atoms with Gasteiger partial charge in [0, 0.05) is 21.6 Å². The molecule has 0 fully saturated rings. The largest absolute Gasteiger partial charge is 0.493 e. The van der Waals surface area contributed by atoms with Crippen LogP contribution in [0.1, 0.15) is 37.6 Å². The van der Waals surface area contributed by atoms with Gasteiger partial charge in [-0.2, -0.15) is 9.78 Å². The van der Waals surface area contributed by atoms with Crippen LogP contribution >= 0.6 is 15.9 Å². The van der Waals surface area contributed by atoms with Crippen molar-refractivity contribution in [3.05, 3.63) is 86.6 Å². The Balaban J connectivity index is 1.63. The number of methoxy groups -OCH3 is 2. The van der Waals surface area contributed by atoms with Gasteiger partial charge >= 0.3 is 0 Å². The summed E-state index contributed by atoms with van der Waals surface area (Å²) in [6.07, 6.45) is 2.28. The SMILES string of the molecule is CC[C@@H](C)c1nc2ccc(Br)cc2c(=O)n1N=Cc1cc(OC)c(OCC(=O)Nc2ccc(F)cc2)c(OC)c1. The van der Waals surface area contributed by atoms with Gasteiger partial charge in [-0.25, -0.2) is 9.37 Å². The van der Waals surface area contributed by atoms with Gasteiger partial charge in [0.2, 0.25) is 5.75 Å². The molecule has 4 aromatic rings. The maximum atomic E-state index is 13.4. The number of carbonyl (C=O) groups is 1. The molecule has 0 bridgehead atoms. The molecule has 1 N–H and O–H groups in total. The molecular formula is C29H28BrFN4O5. The average molecular weight is 611 g/mol. The smallest absolute Gasteiger partial charge is 0.282 e. The Morgan fingerprint density at radius 1 is 1.12 bits per heavy atom. The highest BCUT2D eigenvalue weighted by atomic mass is 79.9. The number of anilines is 1. The summed E-state index contributed by atoms with van der Waals surface area (Å²) in [4.78, 5) is 30.5. The maximum Gasteiger partial charge on any atom is 0.282 e. The molecule has 0 saturated carbocycles. The molecule has 0 saturated heterocycles. The number of carbonyl (C=O) groups excluding carboxylic acids is 1. The fourth-order valence-corrected chi connectivity index (χ4v) is 4.25. The Morgan fingerprint density at radius 3 is 2.42 bits per heavy atom. The molecule has 0 aliphatic rings. The van der Waals surface area contributed by atoms with Crippen molar-refractivity contribution < 1.29 is 23.4 Å². The lowest BCUT2D eigenvalue weighted by Crippen LogP contribution is -2.23. The minimum Gasteiger partial charge on any atom is -0.493 e. The van der Waals surface area contributed by atoms with Gasteiger partial charge in [-0.3, -0.25) is 9.59 Å². The molecule has 0 unspecified atom stereocenters. The number of rotatable bonds is 10. The molecule has 9 nitrogen and oxygen atoms in total. The molecule has 0 radical (unpaired) electrons. The third-order valence-electron chi connectivity index (χ3n) is 6.17. The van der Waals surface area contributed by atoms with Crippen molar-refractivity contribution >= 4 is 44.6 Å². The lowest BCUT2D eigenvalue weighted by atomic mass is 10.1. The molecule has 4 rings (SSSR count). The van der Waals surface area contributed by atoms with Crippen LogP contribution in [-0.4, -0.2) is 42.6 Å². The van der Waals surface area contributed by atoms with Gasteiger partial charge in [0.25, 0.3) is 11.5 Å². The van der Waals surface area contributed by atoms with Crippen molar-refractivity contribution in [2.45, 2.75) is 26.2 Å². The second-order valence-corrected chi connectivity index (χ2v) is 9.82. The number of nitrogens with zero attached hydrogens (tertiary/aromatic N) is 3. The van der Waals surface area contributed by atoms with Crippen molar-refractivity contribution in [3.63, 3.8) is 0 Å². The number of hydrogen-bond donors (Lipinski definition) is 1. The number of aromatic nitrogens is 2. The quantitative estimate of drug-likeness (QED) is 0.230. The molecule has 0 aliphatic carbocycles. The first-order valence-electron chi connectivity index (χ1n) is 12.4. The first-order valence-corrected chi connectivity index (χ1v) is 13.2. The van der Waals surface area contributed by atoms with Crippen molar-refractivity contribution in [1.82, 2.24) is 9.66 Å². The van der Waals surface area contributed by atoms with Gasteiger partial charge in [-0.15, -0.1) is 0 Å². The average Bonchev–Trinajstić information content (AvgIpc) is 2.96. The van der Waals surface area contributed by atoms with E-state index in [9.17, 15) is 14.0 Å². The first kappa shape index (κ1) is 28.8. The molecule has 0 spiro atoms. The summed E-state index contributed by atoms with van der Waals surface area (Å²) in [5, 5.41) is 7.56. The minimum atomic E-state index is -0.450. The summed E-state index contributed by atoms with van der Waals surface area (Å²) >= 11 is 3.41. The summed E-state index contributed by atoms with van der Waals surface area (Å²) in [6, 6.07) is 14.1. The van der Waals surface area contributed by atoms with E-state index < -0.39 is 11.7 Å². The van der Waals surface area contributed by atoms with E-state index in [0.717, 1.165) is 10.9 Å². The number of fused-ring (bicyclic) bond motifs is 1. The lowest BCUT2D eigenvalue weighted by molar-refractivity contribution is -0.118. The monoisotopic (exact) mass is 610 g/mol. The minimum absolute atomic E-state index is 0.0150. The molecular weight excluding hydrogens is 583 g/mol. The third-order valence-corrected chi connectivity index (χ3v) is 6.66. The van der Waals surface area contributed by atoms with E-state index in [1.807, 2.05) is 19.9 Å². The third kappa shape index (κ3) is 6.48. The van der Waals surface area contributed by atoms with E-state index in [-0.39, 0.29) is 23.8 Å². The zero-order valence-corrected chi connectivity index (χ0v) is 24.0. The van der Waals surface area contributed by atoms with E-state index >= 15 is 0 Å². The molecule has 1 atom stereocenters. The molecule has 208 valence electrons. The number of benzene rings is 3. The second kappa shape index (κ2) is 12.7. The second-order valence-electron chi connectivity index (χ2n) is 8.90. The summed E-state index contributed by atoms with van der Waals surface area (Å²) in [7, 11) is 2.91. The standard InChI is InChI=1S/C29H28BrFN4O5/c1-5-17(2)28-34-23-11-6-19(30)14-22(23)29(37)35(28)32-15-18-12-24(38-3)27(25(13-18)39-4)40-16-26(36)33-21-9-7-20(31)8-10-21/h6-15,17H,5,16H2,1-4H3,(H,33,36)/t17-/m1/s1. The van der Waals surface area contributed by atoms with Gasteiger partial charge in [0.1, 0.15) is 11.6 Å². The lowest BCUT2D eigenvalue weighted by Gasteiger charge is -2.16. The van der Waals surface area contributed by atoms with Gasteiger partial charge in [-0.1, -0.05) is 29.8 Å². The Morgan fingerprint density at radius 2 is 1.80 bits per heavy atom. The molecule has 1 amide bonds. The van der Waals surface area contributed by atoms with Gasteiger partial charge in [0.15, 0.2) is 18.1 Å². The normalized spacial score (nSPS) is 11.9. The summed E-state index contributed by atoms with van der Waals surface area (Å²) in [6.45, 7) is 3.66. The number of nitrogens with one attached hydrogen (secondary N) is 1. The number of amides is 1. The van der Waals surface area contributed by atoms with Gasteiger partial charge in [0.05, 0.1) is 31.3 Å². The van der Waals surface area contributed by atoms with E-state index in [2.05, 4.69) is 26.3 Å². The van der Waals surface area contributed by atoms with Crippen molar-refractivity contribution in [2.24, 2.45) is 5.10 Å². The highest BCUT2D eigenvalue weighted by Gasteiger charge is 2.18. The Hall–Kier alpha value is -4.25. The van der Waals surface area contributed by atoms with Crippen LogP contribution in [0.3, 0.4) is 0 Å². The van der Waals surface area contributed by atoms with Gasteiger partial charge < -0.3 is 19.5 Å². The predicted molar refractivity (Wildman–Crippen MR) is 155 cm³/mol. The molecule has 1 aromatic heterocycles. The molecule has 1 heterocycles. The van der Waals surface area contributed by atoms with Crippen molar-refractivity contribution in [3.8, 4) is 17.2 Å². The highest BCUT2D eigenvalue weighted by Crippen LogP contribution is 2.38. The molecule has 40 heavy (non-hydrogen) atoms. The van der Waals surface area contributed by atoms with Crippen LogP contribution < -0.4 is 25.1 Å². The summed E-state index contributed by atoms with van der Waals surface area (Å²) < 4.78 is 31.9. The molecule has 3 aromatic carbocycles. The highest BCUT2D eigenvalue weighted by molar-refractivity contribution is 9.10. The fourth-order valence-electron chi connectivity index (χ4n) is 3.89. The van der Waals surface area contributed by atoms with Crippen LogP contribution in [0.15, 0.2) is 69.0 Å². The topological polar surface area (TPSA) is 104 Å². The fraction of sp³-hybridized carbons (Fsp3) is 0.241. The van der Waals surface area contributed by atoms with Crippen molar-refractivity contribution in [2.75, 3.05) is 26.1 Å². The summed E-state index contributed by atoms with van der Waals surface area (Å²) in [5.41, 5.74) is 1.31. The predicted octanol–water partition coefficient (Wildman–Crippen LogP) is 5.73. The van der Waals surface area contributed by atoms with E-state index in [4.69, 9.17) is 19.2 Å². The van der Waals surface area contributed by atoms with E-state index in [1.54, 1.807) is 24.3 Å². The number of halogens is 2. The van der Waals surface area contributed by atoms with Crippen LogP contribution in [0, 0.1) is 5.82 Å². The van der Waals surface area contributed by atoms with Crippen LogP contribution in [0.25, 0.3) is 10.9 Å². The molecule has 11 heteroatoms. The number of hydrogen-bond acceptors (Lipinski definition) is 7. The summed E-state index contributed by atoms with van der Waals surface area (Å²) in [5.74, 6) is 0.484. The first-order chi connectivity index (χ1) is 19.2. The van der Waals surface area contributed by atoms with E-state index in [1.165, 1.54) is 49.4 Å². The maximum absolute atomic E-state index is 13.4. The zero-order chi connectivity index (χ0) is 28.8. The van der Waals surface area contributed by atoms with Crippen LogP contribution in [0.5, 0.6) is 17.2 Å². The van der Waals surface area contributed by atoms with E-state index in [0.29, 0.717) is 39.5 Å². The Labute approximate surface area is 238 Å². The van der Waals surface area contributed by atoms with Crippen LogP contribution in [0.2, 0.25) is 0 Å². The van der Waals surface area contributed by atoms with Crippen molar-refractivity contribution in [1.29, 1.82) is 0 Å². The van der Waals surface area contributed by atoms with Crippen LogP contribution in [-0.2, 0) is 4.79 Å². The van der Waals surface area contributed by atoms with Crippen LogP contribution in [0.4, 0.5) is 10.1 Å².